The maximum absolute atomic E-state index is 12.1. The molecule has 0 aliphatic carbocycles. The van der Waals surface area contributed by atoms with E-state index in [0.29, 0.717) is 30.6 Å². The quantitative estimate of drug-likeness (QED) is 0.848. The lowest BCUT2D eigenvalue weighted by molar-refractivity contribution is 0.0273. The zero-order valence-electron chi connectivity index (χ0n) is 13.1. The lowest BCUT2D eigenvalue weighted by Gasteiger charge is -2.30. The summed E-state index contributed by atoms with van der Waals surface area (Å²) in [4.78, 5) is 28.8. The second kappa shape index (κ2) is 6.17. The number of carbonyl (C=O) groups excluding carboxylic acids is 2. The molecule has 0 spiro atoms. The van der Waals surface area contributed by atoms with Crippen molar-refractivity contribution in [1.82, 2.24) is 9.88 Å². The third kappa shape index (κ3) is 3.84. The highest BCUT2D eigenvalue weighted by atomic mass is 16.6. The van der Waals surface area contributed by atoms with E-state index in [2.05, 4.69) is 4.98 Å². The molecular formula is C16H21N3O3. The average Bonchev–Trinajstić information content (AvgIpc) is 2.45. The molecule has 1 amide bonds. The van der Waals surface area contributed by atoms with Crippen LogP contribution in [0.4, 0.5) is 10.6 Å². The molecule has 1 aromatic heterocycles. The molecule has 0 bridgehead atoms. The highest BCUT2D eigenvalue weighted by molar-refractivity contribution is 5.83. The van der Waals surface area contributed by atoms with Gasteiger partial charge >= 0.3 is 6.09 Å². The zero-order valence-corrected chi connectivity index (χ0v) is 13.1. The van der Waals surface area contributed by atoms with Crippen LogP contribution in [0.2, 0.25) is 0 Å². The number of rotatable bonds is 2. The molecular weight excluding hydrogens is 282 g/mol. The smallest absolute Gasteiger partial charge is 0.410 e. The molecule has 0 radical (unpaired) electrons. The highest BCUT2D eigenvalue weighted by Crippen LogP contribution is 2.22. The van der Waals surface area contributed by atoms with Gasteiger partial charge in [-0.25, -0.2) is 9.78 Å². The predicted octanol–water partition coefficient (Wildman–Crippen LogP) is 2.50. The van der Waals surface area contributed by atoms with E-state index in [4.69, 9.17) is 10.5 Å². The van der Waals surface area contributed by atoms with Crippen LogP contribution in [0.15, 0.2) is 18.2 Å². The van der Waals surface area contributed by atoms with Crippen LogP contribution in [0, 0.1) is 0 Å². The molecule has 1 aliphatic heterocycles. The summed E-state index contributed by atoms with van der Waals surface area (Å²) in [7, 11) is 0. The lowest BCUT2D eigenvalue weighted by atomic mass is 10.1. The molecule has 0 saturated carbocycles. The number of aromatic nitrogens is 1. The molecule has 1 aromatic rings. The summed E-state index contributed by atoms with van der Waals surface area (Å²) in [6.07, 6.45) is 3.10. The molecule has 1 aliphatic rings. The molecule has 0 atom stereocenters. The molecule has 0 aromatic carbocycles. The molecule has 2 rings (SSSR count). The van der Waals surface area contributed by atoms with Gasteiger partial charge in [0.05, 0.1) is 17.8 Å². The van der Waals surface area contributed by atoms with E-state index in [-0.39, 0.29) is 11.9 Å². The van der Waals surface area contributed by atoms with Crippen LogP contribution in [0.3, 0.4) is 0 Å². The van der Waals surface area contributed by atoms with Gasteiger partial charge in [-0.05, 0) is 44.9 Å². The number of anilines is 1. The zero-order chi connectivity index (χ0) is 16.3. The van der Waals surface area contributed by atoms with Crippen LogP contribution in [-0.2, 0) is 4.74 Å². The van der Waals surface area contributed by atoms with Crippen LogP contribution < -0.4 is 5.73 Å². The van der Waals surface area contributed by atoms with E-state index in [0.717, 1.165) is 12.0 Å². The highest BCUT2D eigenvalue weighted by Gasteiger charge is 2.25. The molecule has 6 heteroatoms. The number of amides is 1. The first-order chi connectivity index (χ1) is 10.3. The molecule has 2 heterocycles. The van der Waals surface area contributed by atoms with Gasteiger partial charge in [-0.15, -0.1) is 0 Å². The average molecular weight is 303 g/mol. The van der Waals surface area contributed by atoms with Crippen molar-refractivity contribution < 1.29 is 14.3 Å². The molecule has 6 nitrogen and oxygen atoms in total. The monoisotopic (exact) mass is 303 g/mol. The third-order valence-electron chi connectivity index (χ3n) is 3.22. The maximum atomic E-state index is 12.1. The lowest BCUT2D eigenvalue weighted by Crippen LogP contribution is -2.39. The van der Waals surface area contributed by atoms with Crippen LogP contribution in [-0.4, -0.2) is 41.0 Å². The summed E-state index contributed by atoms with van der Waals surface area (Å²) in [5, 5.41) is 0. The summed E-state index contributed by atoms with van der Waals surface area (Å²) in [6.45, 7) is 6.55. The van der Waals surface area contributed by atoms with E-state index in [9.17, 15) is 9.59 Å². The first-order valence-corrected chi connectivity index (χ1v) is 7.19. The number of aldehydes is 1. The van der Waals surface area contributed by atoms with E-state index in [1.165, 1.54) is 0 Å². The minimum absolute atomic E-state index is 0.197. The standard InChI is InChI=1S/C16H21N3O3/c1-16(2,3)22-15(21)19-8-4-5-11(9-19)13-7-6-12(10-20)14(17)18-13/h5-7,10H,4,8-9H2,1-3H3,(H2,17,18). The van der Waals surface area contributed by atoms with Crippen molar-refractivity contribution >= 4 is 23.8 Å². The second-order valence-electron chi connectivity index (χ2n) is 6.21. The topological polar surface area (TPSA) is 85.5 Å². The van der Waals surface area contributed by atoms with Crippen molar-refractivity contribution in [2.75, 3.05) is 18.8 Å². The number of carbonyl (C=O) groups is 2. The molecule has 0 saturated heterocycles. The van der Waals surface area contributed by atoms with Crippen molar-refractivity contribution in [2.45, 2.75) is 32.8 Å². The first kappa shape index (κ1) is 16.0. The molecule has 22 heavy (non-hydrogen) atoms. The fourth-order valence-corrected chi connectivity index (χ4v) is 2.18. The fourth-order valence-electron chi connectivity index (χ4n) is 2.18. The van der Waals surface area contributed by atoms with Crippen LogP contribution in [0.25, 0.3) is 5.57 Å². The minimum atomic E-state index is -0.521. The molecule has 2 N–H and O–H groups in total. The number of hydrogen-bond acceptors (Lipinski definition) is 5. The summed E-state index contributed by atoms with van der Waals surface area (Å²) >= 11 is 0. The van der Waals surface area contributed by atoms with Gasteiger partial charge in [-0.2, -0.15) is 0 Å². The Kier molecular flexibility index (Phi) is 4.49. The Morgan fingerprint density at radius 3 is 2.73 bits per heavy atom. The van der Waals surface area contributed by atoms with E-state index < -0.39 is 5.60 Å². The Morgan fingerprint density at radius 1 is 1.41 bits per heavy atom. The van der Waals surface area contributed by atoms with Gasteiger partial charge in [-0.1, -0.05) is 6.08 Å². The fraction of sp³-hybridized carbons (Fsp3) is 0.438. The van der Waals surface area contributed by atoms with E-state index in [1.807, 2.05) is 26.8 Å². The molecule has 0 fully saturated rings. The van der Waals surface area contributed by atoms with Crippen LogP contribution in [0.5, 0.6) is 0 Å². The number of ether oxygens (including phenoxy) is 1. The number of pyridine rings is 1. The molecule has 0 unspecified atom stereocenters. The Labute approximate surface area is 130 Å². The Balaban J connectivity index is 2.13. The summed E-state index contributed by atoms with van der Waals surface area (Å²) in [5.41, 5.74) is 7.17. The Morgan fingerprint density at radius 2 is 2.14 bits per heavy atom. The van der Waals surface area contributed by atoms with Gasteiger partial charge < -0.3 is 15.4 Å². The van der Waals surface area contributed by atoms with Crippen molar-refractivity contribution in [2.24, 2.45) is 0 Å². The summed E-state index contributed by atoms with van der Waals surface area (Å²) in [6, 6.07) is 3.38. The van der Waals surface area contributed by atoms with Crippen molar-refractivity contribution in [3.05, 3.63) is 29.5 Å². The third-order valence-corrected chi connectivity index (χ3v) is 3.22. The predicted molar refractivity (Wildman–Crippen MR) is 84.4 cm³/mol. The Bertz CT molecular complexity index is 618. The first-order valence-electron chi connectivity index (χ1n) is 7.19. The number of hydrogen-bond donors (Lipinski definition) is 1. The number of nitrogen functional groups attached to an aromatic ring is 1. The van der Waals surface area contributed by atoms with Crippen molar-refractivity contribution in [1.29, 1.82) is 0 Å². The largest absolute Gasteiger partial charge is 0.444 e. The van der Waals surface area contributed by atoms with Gasteiger partial charge in [0.25, 0.3) is 0 Å². The second-order valence-corrected chi connectivity index (χ2v) is 6.21. The van der Waals surface area contributed by atoms with E-state index >= 15 is 0 Å². The van der Waals surface area contributed by atoms with E-state index in [1.54, 1.807) is 17.0 Å². The minimum Gasteiger partial charge on any atom is -0.444 e. The normalized spacial score (nSPS) is 15.2. The summed E-state index contributed by atoms with van der Waals surface area (Å²) < 4.78 is 5.39. The number of nitrogens with zero attached hydrogens (tertiary/aromatic N) is 2. The number of nitrogens with two attached hydrogens (primary N) is 1. The van der Waals surface area contributed by atoms with Gasteiger partial charge in [0.1, 0.15) is 11.4 Å². The maximum Gasteiger partial charge on any atom is 0.410 e. The van der Waals surface area contributed by atoms with Gasteiger partial charge in [0.2, 0.25) is 0 Å². The van der Waals surface area contributed by atoms with Crippen molar-refractivity contribution in [3.8, 4) is 0 Å². The SMILES string of the molecule is CC(C)(C)OC(=O)N1CCC=C(c2ccc(C=O)c(N)n2)C1. The Hall–Kier alpha value is -2.37. The summed E-state index contributed by atoms with van der Waals surface area (Å²) in [5.74, 6) is 0.197. The van der Waals surface area contributed by atoms with Crippen LogP contribution >= 0.6 is 0 Å². The van der Waals surface area contributed by atoms with Gasteiger partial charge in [0, 0.05) is 6.54 Å². The molecule has 118 valence electrons. The van der Waals surface area contributed by atoms with Crippen molar-refractivity contribution in [3.63, 3.8) is 0 Å². The van der Waals surface area contributed by atoms with Gasteiger partial charge in [-0.3, -0.25) is 4.79 Å². The van der Waals surface area contributed by atoms with Crippen LogP contribution in [0.1, 0.15) is 43.2 Å². The van der Waals surface area contributed by atoms with Gasteiger partial charge in [0.15, 0.2) is 6.29 Å².